The fourth-order valence-electron chi connectivity index (χ4n) is 3.42. The molecule has 0 saturated carbocycles. The summed E-state index contributed by atoms with van der Waals surface area (Å²) in [6.45, 7) is 4.70. The van der Waals surface area contributed by atoms with Gasteiger partial charge in [-0.1, -0.05) is 60.7 Å². The Hall–Kier alpha value is -3.67. The Morgan fingerprint density at radius 1 is 0.933 bits per heavy atom. The number of carbonyl (C=O) groups excluding carboxylic acids is 3. The second-order valence-corrected chi connectivity index (χ2v) is 6.76. The van der Waals surface area contributed by atoms with Crippen LogP contribution in [0.3, 0.4) is 0 Å². The van der Waals surface area contributed by atoms with Crippen LogP contribution in [0.15, 0.2) is 65.1 Å². The molecule has 30 heavy (non-hydrogen) atoms. The minimum atomic E-state index is -0.717. The van der Waals surface area contributed by atoms with Crippen molar-refractivity contribution in [3.63, 3.8) is 0 Å². The fourth-order valence-corrected chi connectivity index (χ4v) is 3.42. The molecule has 0 fully saturated rings. The number of hydrogen-bond donors (Lipinski definition) is 1. The van der Waals surface area contributed by atoms with Gasteiger partial charge in [0.25, 0.3) is 0 Å². The van der Waals surface area contributed by atoms with E-state index < -0.39 is 11.9 Å². The van der Waals surface area contributed by atoms with Gasteiger partial charge in [-0.05, 0) is 31.9 Å². The molecule has 154 valence electrons. The molecule has 6 nitrogen and oxygen atoms in total. The highest BCUT2D eigenvalue weighted by molar-refractivity contribution is 6.11. The first-order valence-electron chi connectivity index (χ1n) is 9.66. The molecule has 0 radical (unpaired) electrons. The summed E-state index contributed by atoms with van der Waals surface area (Å²) in [5, 5.41) is 2.70. The van der Waals surface area contributed by atoms with Crippen molar-refractivity contribution in [2.45, 2.75) is 26.7 Å². The zero-order valence-corrected chi connectivity index (χ0v) is 17.1. The van der Waals surface area contributed by atoms with E-state index in [0.29, 0.717) is 0 Å². The minimum absolute atomic E-state index is 0.0601. The van der Waals surface area contributed by atoms with E-state index in [2.05, 4.69) is 5.32 Å². The van der Waals surface area contributed by atoms with Crippen LogP contribution in [0.4, 0.5) is 5.88 Å². The van der Waals surface area contributed by atoms with Crippen molar-refractivity contribution in [2.75, 3.05) is 11.9 Å². The molecule has 0 spiro atoms. The zero-order chi connectivity index (χ0) is 21.7. The third kappa shape index (κ3) is 4.33. The van der Waals surface area contributed by atoms with Crippen molar-refractivity contribution in [2.24, 2.45) is 0 Å². The Bertz CT molecular complexity index is 1010. The van der Waals surface area contributed by atoms with Gasteiger partial charge >= 0.3 is 5.97 Å². The molecule has 0 aliphatic heterocycles. The topological polar surface area (TPSA) is 85.6 Å². The van der Waals surface area contributed by atoms with Crippen molar-refractivity contribution >= 4 is 23.5 Å². The van der Waals surface area contributed by atoms with Crippen molar-refractivity contribution in [3.05, 3.63) is 88.7 Å². The van der Waals surface area contributed by atoms with Crippen LogP contribution in [-0.4, -0.2) is 24.3 Å². The second-order valence-electron chi connectivity index (χ2n) is 6.76. The molecule has 0 aliphatic carbocycles. The number of ether oxygens (including phenoxy) is 1. The number of hydrogen-bond acceptors (Lipinski definition) is 5. The van der Waals surface area contributed by atoms with Gasteiger partial charge in [0, 0.05) is 0 Å². The molecule has 0 unspecified atom stereocenters. The number of carbonyl (C=O) groups is 3. The van der Waals surface area contributed by atoms with Crippen LogP contribution >= 0.6 is 0 Å². The predicted octanol–water partition coefficient (Wildman–Crippen LogP) is 4.74. The number of aryl methyl sites for hydroxylation is 1. The lowest BCUT2D eigenvalue weighted by Gasteiger charge is -2.17. The Morgan fingerprint density at radius 2 is 1.47 bits per heavy atom. The highest BCUT2D eigenvalue weighted by atomic mass is 16.5. The van der Waals surface area contributed by atoms with Crippen molar-refractivity contribution < 1.29 is 23.5 Å². The smallest absolute Gasteiger partial charge is 0.344 e. The van der Waals surface area contributed by atoms with Crippen molar-refractivity contribution in [1.29, 1.82) is 0 Å². The number of nitrogens with one attached hydrogen (secondary N) is 1. The number of Topliss-reactive ketones (excluding diaryl/α,β-unsaturated/α-hetero) is 1. The molecular formula is C24H23NO5. The number of anilines is 1. The maximum Gasteiger partial charge on any atom is 0.344 e. The molecule has 0 aliphatic rings. The van der Waals surface area contributed by atoms with E-state index in [1.807, 2.05) is 60.7 Å². The molecular weight excluding hydrogens is 382 g/mol. The van der Waals surface area contributed by atoms with Gasteiger partial charge in [-0.15, -0.1) is 0 Å². The molecule has 3 aromatic rings. The molecule has 0 atom stereocenters. The molecule has 1 aromatic heterocycles. The summed E-state index contributed by atoms with van der Waals surface area (Å²) >= 11 is 0. The summed E-state index contributed by atoms with van der Waals surface area (Å²) in [6.07, 6.45) is 0. The molecule has 6 heteroatoms. The third-order valence-corrected chi connectivity index (χ3v) is 4.68. The Balaban J connectivity index is 2.04. The molecule has 0 saturated heterocycles. The van der Waals surface area contributed by atoms with Crippen LogP contribution in [-0.2, 0) is 9.53 Å². The van der Waals surface area contributed by atoms with Gasteiger partial charge in [0.15, 0.2) is 5.78 Å². The Morgan fingerprint density at radius 3 is 1.93 bits per heavy atom. The lowest BCUT2D eigenvalue weighted by molar-refractivity contribution is -0.116. The van der Waals surface area contributed by atoms with E-state index in [1.54, 1.807) is 13.8 Å². The molecule has 1 heterocycles. The molecule has 1 amide bonds. The Labute approximate surface area is 174 Å². The summed E-state index contributed by atoms with van der Waals surface area (Å²) in [6, 6.07) is 18.6. The average molecular weight is 405 g/mol. The number of ketones is 1. The lowest BCUT2D eigenvalue weighted by atomic mass is 9.90. The van der Waals surface area contributed by atoms with Gasteiger partial charge in [-0.3, -0.25) is 14.9 Å². The number of amides is 1. The molecule has 0 bridgehead atoms. The van der Waals surface area contributed by atoms with Gasteiger partial charge in [0.1, 0.15) is 11.3 Å². The zero-order valence-electron chi connectivity index (χ0n) is 17.1. The summed E-state index contributed by atoms with van der Waals surface area (Å²) in [5.41, 5.74) is 1.62. The van der Waals surface area contributed by atoms with E-state index >= 15 is 0 Å². The quantitative estimate of drug-likeness (QED) is 0.453. The predicted molar refractivity (Wildman–Crippen MR) is 113 cm³/mol. The van der Waals surface area contributed by atoms with Crippen LogP contribution in [0.1, 0.15) is 57.4 Å². The van der Waals surface area contributed by atoms with Crippen LogP contribution in [0, 0.1) is 6.92 Å². The number of esters is 1. The summed E-state index contributed by atoms with van der Waals surface area (Å²) in [7, 11) is 0. The van der Waals surface area contributed by atoms with Crippen molar-refractivity contribution in [1.82, 2.24) is 0 Å². The lowest BCUT2D eigenvalue weighted by Crippen LogP contribution is -2.23. The largest absolute Gasteiger partial charge is 0.462 e. The third-order valence-electron chi connectivity index (χ3n) is 4.68. The first-order valence-corrected chi connectivity index (χ1v) is 9.66. The normalized spacial score (nSPS) is 10.7. The maximum absolute atomic E-state index is 13.3. The molecule has 3 rings (SSSR count). The van der Waals surface area contributed by atoms with Crippen molar-refractivity contribution in [3.8, 4) is 0 Å². The highest BCUT2D eigenvalue weighted by Crippen LogP contribution is 2.31. The standard InChI is InChI=1S/C24H23NO5/c1-4-29-24(28)21-19(15(2)26)16(3)30-23(21)25-22(27)20(17-11-7-5-8-12-17)18-13-9-6-10-14-18/h5-14,20H,4H2,1-3H3,(H,25,27). The van der Waals surface area contributed by atoms with Crippen LogP contribution < -0.4 is 5.32 Å². The van der Waals surface area contributed by atoms with Gasteiger partial charge in [0.2, 0.25) is 11.8 Å². The van der Waals surface area contributed by atoms with Crippen LogP contribution in [0.5, 0.6) is 0 Å². The highest BCUT2D eigenvalue weighted by Gasteiger charge is 2.31. The fraction of sp³-hybridized carbons (Fsp3) is 0.208. The van der Waals surface area contributed by atoms with Crippen LogP contribution in [0.2, 0.25) is 0 Å². The summed E-state index contributed by atoms with van der Waals surface area (Å²) in [5.74, 6) is -1.92. The van der Waals surface area contributed by atoms with Gasteiger partial charge in [-0.2, -0.15) is 0 Å². The van der Waals surface area contributed by atoms with E-state index in [9.17, 15) is 14.4 Å². The number of benzene rings is 2. The number of rotatable bonds is 7. The monoisotopic (exact) mass is 405 g/mol. The van der Waals surface area contributed by atoms with Gasteiger partial charge in [-0.25, -0.2) is 4.79 Å². The minimum Gasteiger partial charge on any atom is -0.462 e. The van der Waals surface area contributed by atoms with E-state index in [-0.39, 0.29) is 41.1 Å². The van der Waals surface area contributed by atoms with Crippen LogP contribution in [0.25, 0.3) is 0 Å². The molecule has 2 aromatic carbocycles. The van der Waals surface area contributed by atoms with E-state index in [1.165, 1.54) is 6.92 Å². The SMILES string of the molecule is CCOC(=O)c1c(NC(=O)C(c2ccccc2)c2ccccc2)oc(C)c1C(C)=O. The Kier molecular flexibility index (Phi) is 6.47. The first-order chi connectivity index (χ1) is 14.4. The van der Waals surface area contributed by atoms with Gasteiger partial charge < -0.3 is 9.15 Å². The summed E-state index contributed by atoms with van der Waals surface area (Å²) in [4.78, 5) is 37.9. The first kappa shape index (κ1) is 21.0. The second kappa shape index (κ2) is 9.22. The number of furan rings is 1. The van der Waals surface area contributed by atoms with Gasteiger partial charge in [0.05, 0.1) is 18.1 Å². The average Bonchev–Trinajstić information content (AvgIpc) is 3.06. The maximum atomic E-state index is 13.3. The molecule has 1 N–H and O–H groups in total. The van der Waals surface area contributed by atoms with E-state index in [0.717, 1.165) is 11.1 Å². The summed E-state index contributed by atoms with van der Waals surface area (Å²) < 4.78 is 10.7. The van der Waals surface area contributed by atoms with E-state index in [4.69, 9.17) is 9.15 Å².